The Morgan fingerprint density at radius 3 is 3.00 bits per heavy atom. The second kappa shape index (κ2) is 6.06. The third-order valence-electron chi connectivity index (χ3n) is 3.51. The Kier molecular flexibility index (Phi) is 4.41. The first-order chi connectivity index (χ1) is 9.52. The van der Waals surface area contributed by atoms with Crippen LogP contribution in [0.5, 0.6) is 0 Å². The van der Waals surface area contributed by atoms with Gasteiger partial charge in [-0.1, -0.05) is 25.7 Å². The molecule has 0 aliphatic carbocycles. The van der Waals surface area contributed by atoms with Gasteiger partial charge in [0.2, 0.25) is 0 Å². The molecule has 1 aliphatic rings. The van der Waals surface area contributed by atoms with Crippen molar-refractivity contribution in [1.29, 1.82) is 0 Å². The predicted molar refractivity (Wildman–Crippen MR) is 79.1 cm³/mol. The van der Waals surface area contributed by atoms with Crippen molar-refractivity contribution in [3.8, 4) is 11.8 Å². The smallest absolute Gasteiger partial charge is 0.255 e. The fourth-order valence-electron chi connectivity index (χ4n) is 2.56. The van der Waals surface area contributed by atoms with Gasteiger partial charge in [0.25, 0.3) is 5.91 Å². The first-order valence-corrected chi connectivity index (χ1v) is 6.95. The highest BCUT2D eigenvalue weighted by Crippen LogP contribution is 2.29. The minimum Gasteiger partial charge on any atom is -0.338 e. The predicted octanol–water partition coefficient (Wildman–Crippen LogP) is 1.65. The molecule has 1 saturated heterocycles. The third-order valence-corrected chi connectivity index (χ3v) is 3.51. The largest absolute Gasteiger partial charge is 0.338 e. The molecule has 20 heavy (non-hydrogen) atoms. The fourth-order valence-corrected chi connectivity index (χ4v) is 2.56. The quantitative estimate of drug-likeness (QED) is 0.790. The van der Waals surface area contributed by atoms with Gasteiger partial charge in [0, 0.05) is 31.0 Å². The van der Waals surface area contributed by atoms with Crippen LogP contribution in [-0.4, -0.2) is 35.4 Å². The average molecular weight is 271 g/mol. The van der Waals surface area contributed by atoms with Gasteiger partial charge in [-0.3, -0.25) is 9.78 Å². The molecular formula is C16H21N3O. The molecule has 0 aromatic carbocycles. The maximum Gasteiger partial charge on any atom is 0.255 e. The zero-order valence-electron chi connectivity index (χ0n) is 12.1. The van der Waals surface area contributed by atoms with Crippen LogP contribution in [0.3, 0.4) is 0 Å². The summed E-state index contributed by atoms with van der Waals surface area (Å²) in [6.07, 6.45) is 5.48. The number of hydrogen-bond donors (Lipinski definition) is 1. The summed E-state index contributed by atoms with van der Waals surface area (Å²) in [6, 6.07) is 1.79. The van der Waals surface area contributed by atoms with Crippen LogP contribution in [0.2, 0.25) is 0 Å². The molecule has 2 heterocycles. The van der Waals surface area contributed by atoms with E-state index in [2.05, 4.69) is 30.7 Å². The van der Waals surface area contributed by atoms with Gasteiger partial charge in [-0.2, -0.15) is 0 Å². The summed E-state index contributed by atoms with van der Waals surface area (Å²) in [7, 11) is 0. The van der Waals surface area contributed by atoms with Gasteiger partial charge < -0.3 is 10.6 Å². The van der Waals surface area contributed by atoms with Crippen LogP contribution in [0.1, 0.15) is 42.6 Å². The van der Waals surface area contributed by atoms with E-state index in [0.717, 1.165) is 31.5 Å². The molecule has 0 bridgehead atoms. The molecule has 2 N–H and O–H groups in total. The molecule has 0 unspecified atom stereocenters. The number of hydrogen-bond acceptors (Lipinski definition) is 3. The molecule has 1 fully saturated rings. The Morgan fingerprint density at radius 1 is 1.50 bits per heavy atom. The van der Waals surface area contributed by atoms with E-state index >= 15 is 0 Å². The Morgan fingerprint density at radius 2 is 2.30 bits per heavy atom. The lowest BCUT2D eigenvalue weighted by Gasteiger charge is -2.38. The molecule has 0 radical (unpaired) electrons. The molecule has 0 spiro atoms. The van der Waals surface area contributed by atoms with E-state index in [4.69, 9.17) is 5.73 Å². The number of pyridine rings is 1. The lowest BCUT2D eigenvalue weighted by atomic mass is 9.84. The maximum absolute atomic E-state index is 12.5. The van der Waals surface area contributed by atoms with Gasteiger partial charge in [-0.25, -0.2) is 0 Å². The minimum absolute atomic E-state index is 0.0432. The van der Waals surface area contributed by atoms with Crippen molar-refractivity contribution in [2.75, 3.05) is 19.6 Å². The summed E-state index contributed by atoms with van der Waals surface area (Å²) in [4.78, 5) is 18.5. The summed E-state index contributed by atoms with van der Waals surface area (Å²) in [5.74, 6) is 5.73. The third kappa shape index (κ3) is 3.58. The van der Waals surface area contributed by atoms with Crippen LogP contribution >= 0.6 is 0 Å². The SMILES string of the molecule is CC1(C)CCCN(C(=O)c2cncc(C#CCN)c2)C1. The number of likely N-dealkylation sites (tertiary alicyclic amines) is 1. The molecule has 4 nitrogen and oxygen atoms in total. The number of nitrogens with two attached hydrogens (primary N) is 1. The number of carbonyl (C=O) groups is 1. The lowest BCUT2D eigenvalue weighted by Crippen LogP contribution is -2.43. The Bertz CT molecular complexity index is 554. The molecule has 2 rings (SSSR count). The van der Waals surface area contributed by atoms with E-state index in [1.54, 1.807) is 18.5 Å². The molecule has 1 aliphatic heterocycles. The number of piperidine rings is 1. The van der Waals surface area contributed by atoms with Crippen molar-refractivity contribution >= 4 is 5.91 Å². The molecular weight excluding hydrogens is 250 g/mol. The van der Waals surface area contributed by atoms with E-state index in [9.17, 15) is 4.79 Å². The Labute approximate surface area is 120 Å². The van der Waals surface area contributed by atoms with Gasteiger partial charge >= 0.3 is 0 Å². The summed E-state index contributed by atoms with van der Waals surface area (Å²) in [5, 5.41) is 0. The van der Waals surface area contributed by atoms with E-state index in [1.807, 2.05) is 4.90 Å². The van der Waals surface area contributed by atoms with Gasteiger partial charge in [-0.15, -0.1) is 0 Å². The zero-order chi connectivity index (χ0) is 14.6. The van der Waals surface area contributed by atoms with E-state index < -0.39 is 0 Å². The number of nitrogens with zero attached hydrogens (tertiary/aromatic N) is 2. The van der Waals surface area contributed by atoms with Crippen LogP contribution in [-0.2, 0) is 0 Å². The number of carbonyl (C=O) groups excluding carboxylic acids is 1. The molecule has 0 atom stereocenters. The standard InChI is InChI=1S/C16H21N3O/c1-16(2)6-4-8-19(12-16)15(20)14-9-13(5-3-7-17)10-18-11-14/h9-11H,4,6-8,12,17H2,1-2H3. The molecule has 1 aromatic heterocycles. The van der Waals surface area contributed by atoms with Crippen LogP contribution in [0.15, 0.2) is 18.5 Å². The fraction of sp³-hybridized carbons (Fsp3) is 0.500. The molecule has 106 valence electrons. The number of amides is 1. The van der Waals surface area contributed by atoms with E-state index in [1.165, 1.54) is 0 Å². The zero-order valence-corrected chi connectivity index (χ0v) is 12.1. The normalized spacial score (nSPS) is 17.2. The summed E-state index contributed by atoms with van der Waals surface area (Å²) in [6.45, 7) is 6.33. The lowest BCUT2D eigenvalue weighted by molar-refractivity contribution is 0.0583. The van der Waals surface area contributed by atoms with Crippen LogP contribution in [0.4, 0.5) is 0 Å². The summed E-state index contributed by atoms with van der Waals surface area (Å²) >= 11 is 0. The highest BCUT2D eigenvalue weighted by molar-refractivity contribution is 5.94. The van der Waals surface area contributed by atoms with Crippen molar-refractivity contribution in [3.05, 3.63) is 29.6 Å². The highest BCUT2D eigenvalue weighted by atomic mass is 16.2. The second-order valence-corrected chi connectivity index (χ2v) is 5.96. The van der Waals surface area contributed by atoms with Crippen LogP contribution in [0, 0.1) is 17.3 Å². The first kappa shape index (κ1) is 14.5. The van der Waals surface area contributed by atoms with Gasteiger partial charge in [0.15, 0.2) is 0 Å². The Hall–Kier alpha value is -1.86. The van der Waals surface area contributed by atoms with Crippen LogP contribution in [0.25, 0.3) is 0 Å². The topological polar surface area (TPSA) is 59.2 Å². The first-order valence-electron chi connectivity index (χ1n) is 6.95. The monoisotopic (exact) mass is 271 g/mol. The van der Waals surface area contributed by atoms with E-state index in [0.29, 0.717) is 12.1 Å². The van der Waals surface area contributed by atoms with E-state index in [-0.39, 0.29) is 11.3 Å². The van der Waals surface area contributed by atoms with Crippen molar-refractivity contribution in [1.82, 2.24) is 9.88 Å². The summed E-state index contributed by atoms with van der Waals surface area (Å²) < 4.78 is 0. The summed E-state index contributed by atoms with van der Waals surface area (Å²) in [5.41, 5.74) is 6.88. The van der Waals surface area contributed by atoms with Crippen LogP contribution < -0.4 is 5.73 Å². The van der Waals surface area contributed by atoms with Gasteiger partial charge in [0.05, 0.1) is 12.1 Å². The Balaban J connectivity index is 2.16. The van der Waals surface area contributed by atoms with Gasteiger partial charge in [-0.05, 0) is 24.3 Å². The van der Waals surface area contributed by atoms with Crippen molar-refractivity contribution in [2.45, 2.75) is 26.7 Å². The average Bonchev–Trinajstić information content (AvgIpc) is 2.43. The highest BCUT2D eigenvalue weighted by Gasteiger charge is 2.29. The van der Waals surface area contributed by atoms with Gasteiger partial charge in [0.1, 0.15) is 0 Å². The van der Waals surface area contributed by atoms with Crippen molar-refractivity contribution < 1.29 is 4.79 Å². The molecule has 0 saturated carbocycles. The second-order valence-electron chi connectivity index (χ2n) is 5.96. The molecule has 4 heteroatoms. The molecule has 1 amide bonds. The minimum atomic E-state index is 0.0432. The number of aromatic nitrogens is 1. The van der Waals surface area contributed by atoms with Crippen molar-refractivity contribution in [3.63, 3.8) is 0 Å². The van der Waals surface area contributed by atoms with Crippen molar-refractivity contribution in [2.24, 2.45) is 11.1 Å². The maximum atomic E-state index is 12.5. The molecule has 1 aromatic rings. The number of rotatable bonds is 1.